The molecule has 3 aromatic rings. The lowest BCUT2D eigenvalue weighted by atomic mass is 10.1. The monoisotopic (exact) mass is 445 g/mol. The van der Waals surface area contributed by atoms with Crippen LogP contribution in [-0.4, -0.2) is 57.9 Å². The van der Waals surface area contributed by atoms with E-state index < -0.39 is 0 Å². The van der Waals surface area contributed by atoms with E-state index in [1.165, 1.54) is 5.56 Å². The van der Waals surface area contributed by atoms with Crippen LogP contribution < -0.4 is 5.32 Å². The van der Waals surface area contributed by atoms with Gasteiger partial charge in [0.1, 0.15) is 0 Å². The molecular weight excluding hydrogens is 418 g/mol. The van der Waals surface area contributed by atoms with E-state index in [1.807, 2.05) is 48.2 Å². The highest BCUT2D eigenvalue weighted by atomic mass is 16.5. The number of nitrogens with one attached hydrogen (secondary N) is 1. The number of rotatable bonds is 6. The standard InChI is InChI=1S/C25H27N5O3/c1-17-5-7-18(8-6-17)23-27-22(33-28-23)16-29-11-13-30(14-12-29)25(32)20-3-2-4-21(15-20)26-24(31)19-9-10-19/h2-8,15,19H,9-14,16H2,1H3,(H,26,31). The minimum Gasteiger partial charge on any atom is -0.338 e. The summed E-state index contributed by atoms with van der Waals surface area (Å²) in [6, 6.07) is 15.2. The van der Waals surface area contributed by atoms with Gasteiger partial charge in [-0.25, -0.2) is 0 Å². The van der Waals surface area contributed by atoms with Gasteiger partial charge in [-0.2, -0.15) is 4.98 Å². The second-order valence-corrected chi connectivity index (χ2v) is 8.79. The first kappa shape index (κ1) is 21.3. The quantitative estimate of drug-likeness (QED) is 0.626. The van der Waals surface area contributed by atoms with Gasteiger partial charge in [0.25, 0.3) is 5.91 Å². The van der Waals surface area contributed by atoms with Crippen molar-refractivity contribution in [2.75, 3.05) is 31.5 Å². The number of hydrogen-bond acceptors (Lipinski definition) is 6. The number of aryl methyl sites for hydroxylation is 1. The average Bonchev–Trinajstić information content (AvgIpc) is 3.59. The molecular formula is C25H27N5O3. The number of carbonyl (C=O) groups excluding carboxylic acids is 2. The molecule has 0 spiro atoms. The molecule has 5 rings (SSSR count). The van der Waals surface area contributed by atoms with Crippen LogP contribution in [0.4, 0.5) is 5.69 Å². The first-order valence-electron chi connectivity index (χ1n) is 11.4. The maximum absolute atomic E-state index is 13.0. The lowest BCUT2D eigenvalue weighted by Gasteiger charge is -2.34. The topological polar surface area (TPSA) is 91.6 Å². The van der Waals surface area contributed by atoms with Gasteiger partial charge in [0, 0.05) is 48.9 Å². The fourth-order valence-corrected chi connectivity index (χ4v) is 3.94. The van der Waals surface area contributed by atoms with Gasteiger partial charge in [-0.1, -0.05) is 41.1 Å². The van der Waals surface area contributed by atoms with Crippen molar-refractivity contribution < 1.29 is 14.1 Å². The Balaban J connectivity index is 1.15. The molecule has 2 amide bonds. The van der Waals surface area contributed by atoms with Crippen LogP contribution in [0.5, 0.6) is 0 Å². The first-order valence-corrected chi connectivity index (χ1v) is 11.4. The number of anilines is 1. The highest BCUT2D eigenvalue weighted by Gasteiger charge is 2.30. The zero-order valence-electron chi connectivity index (χ0n) is 18.7. The Morgan fingerprint density at radius 2 is 1.82 bits per heavy atom. The average molecular weight is 446 g/mol. The van der Waals surface area contributed by atoms with Gasteiger partial charge in [0.15, 0.2) is 0 Å². The third-order valence-corrected chi connectivity index (χ3v) is 6.12. The van der Waals surface area contributed by atoms with Crippen molar-refractivity contribution in [2.45, 2.75) is 26.3 Å². The van der Waals surface area contributed by atoms with E-state index in [2.05, 4.69) is 20.4 Å². The SMILES string of the molecule is Cc1ccc(-c2noc(CN3CCN(C(=O)c4cccc(NC(=O)C5CC5)c4)CC3)n2)cc1. The van der Waals surface area contributed by atoms with Gasteiger partial charge in [-0.3, -0.25) is 14.5 Å². The molecule has 2 fully saturated rings. The Morgan fingerprint density at radius 3 is 2.55 bits per heavy atom. The predicted octanol–water partition coefficient (Wildman–Crippen LogP) is 3.35. The van der Waals surface area contributed by atoms with Crippen LogP contribution in [0.2, 0.25) is 0 Å². The minimum atomic E-state index is -0.0170. The van der Waals surface area contributed by atoms with Crippen LogP contribution in [0, 0.1) is 12.8 Å². The normalized spacial score (nSPS) is 16.6. The summed E-state index contributed by atoms with van der Waals surface area (Å²) >= 11 is 0. The Morgan fingerprint density at radius 1 is 1.06 bits per heavy atom. The molecule has 8 nitrogen and oxygen atoms in total. The molecule has 1 saturated heterocycles. The molecule has 1 aromatic heterocycles. The summed E-state index contributed by atoms with van der Waals surface area (Å²) in [6.45, 7) is 5.30. The van der Waals surface area contributed by atoms with Crippen LogP contribution in [0.1, 0.15) is 34.7 Å². The number of carbonyl (C=O) groups is 2. The zero-order valence-corrected chi connectivity index (χ0v) is 18.7. The number of aromatic nitrogens is 2. The highest BCUT2D eigenvalue weighted by Crippen LogP contribution is 2.30. The molecule has 1 aliphatic heterocycles. The summed E-state index contributed by atoms with van der Waals surface area (Å²) in [5.74, 6) is 1.32. The molecule has 33 heavy (non-hydrogen) atoms. The minimum absolute atomic E-state index is 0.0170. The molecule has 2 heterocycles. The third-order valence-electron chi connectivity index (χ3n) is 6.12. The molecule has 0 radical (unpaired) electrons. The molecule has 2 aromatic carbocycles. The van der Waals surface area contributed by atoms with Gasteiger partial charge in [-0.15, -0.1) is 0 Å². The third kappa shape index (κ3) is 5.12. The number of hydrogen-bond donors (Lipinski definition) is 1. The maximum atomic E-state index is 13.0. The molecule has 0 bridgehead atoms. The number of piperazine rings is 1. The van der Waals surface area contributed by atoms with Crippen LogP contribution in [0.3, 0.4) is 0 Å². The van der Waals surface area contributed by atoms with E-state index in [9.17, 15) is 9.59 Å². The zero-order chi connectivity index (χ0) is 22.8. The molecule has 170 valence electrons. The number of amides is 2. The lowest BCUT2D eigenvalue weighted by Crippen LogP contribution is -2.48. The van der Waals surface area contributed by atoms with E-state index in [1.54, 1.807) is 12.1 Å². The van der Waals surface area contributed by atoms with Gasteiger partial charge >= 0.3 is 0 Å². The summed E-state index contributed by atoms with van der Waals surface area (Å²) in [6.07, 6.45) is 1.90. The Kier molecular flexibility index (Phi) is 5.92. The summed E-state index contributed by atoms with van der Waals surface area (Å²) < 4.78 is 5.44. The fourth-order valence-electron chi connectivity index (χ4n) is 3.94. The van der Waals surface area contributed by atoms with E-state index in [0.717, 1.165) is 31.5 Å². The first-order chi connectivity index (χ1) is 16.0. The van der Waals surface area contributed by atoms with Crippen LogP contribution in [0.15, 0.2) is 53.1 Å². The van der Waals surface area contributed by atoms with Crippen LogP contribution >= 0.6 is 0 Å². The van der Waals surface area contributed by atoms with Crippen molar-refractivity contribution in [1.29, 1.82) is 0 Å². The Labute approximate surface area is 192 Å². The summed E-state index contributed by atoms with van der Waals surface area (Å²) in [5.41, 5.74) is 3.39. The van der Waals surface area contributed by atoms with Gasteiger partial charge in [0.2, 0.25) is 17.6 Å². The van der Waals surface area contributed by atoms with Crippen molar-refractivity contribution in [2.24, 2.45) is 5.92 Å². The van der Waals surface area contributed by atoms with Crippen molar-refractivity contribution >= 4 is 17.5 Å². The van der Waals surface area contributed by atoms with E-state index in [0.29, 0.717) is 42.6 Å². The smallest absolute Gasteiger partial charge is 0.254 e. The lowest BCUT2D eigenvalue weighted by molar-refractivity contribution is -0.117. The van der Waals surface area contributed by atoms with Gasteiger partial charge in [0.05, 0.1) is 6.54 Å². The van der Waals surface area contributed by atoms with Crippen LogP contribution in [0.25, 0.3) is 11.4 Å². The van der Waals surface area contributed by atoms with E-state index in [-0.39, 0.29) is 17.7 Å². The van der Waals surface area contributed by atoms with Crippen molar-refractivity contribution in [3.8, 4) is 11.4 Å². The highest BCUT2D eigenvalue weighted by molar-refractivity contribution is 5.98. The summed E-state index contributed by atoms with van der Waals surface area (Å²) in [7, 11) is 0. The molecule has 1 aliphatic carbocycles. The number of nitrogens with zero attached hydrogens (tertiary/aromatic N) is 4. The van der Waals surface area contributed by atoms with E-state index >= 15 is 0 Å². The summed E-state index contributed by atoms with van der Waals surface area (Å²) in [4.78, 5) is 33.6. The number of benzene rings is 2. The Hall–Kier alpha value is -3.52. The largest absolute Gasteiger partial charge is 0.338 e. The summed E-state index contributed by atoms with van der Waals surface area (Å²) in [5, 5.41) is 7.01. The second-order valence-electron chi connectivity index (χ2n) is 8.79. The maximum Gasteiger partial charge on any atom is 0.254 e. The molecule has 1 saturated carbocycles. The predicted molar refractivity (Wildman–Crippen MR) is 123 cm³/mol. The van der Waals surface area contributed by atoms with Gasteiger partial charge < -0.3 is 14.7 Å². The van der Waals surface area contributed by atoms with Crippen molar-refractivity contribution in [1.82, 2.24) is 19.9 Å². The van der Waals surface area contributed by atoms with Crippen molar-refractivity contribution in [3.63, 3.8) is 0 Å². The molecule has 2 aliphatic rings. The van der Waals surface area contributed by atoms with Crippen LogP contribution in [-0.2, 0) is 11.3 Å². The molecule has 0 unspecified atom stereocenters. The second kappa shape index (κ2) is 9.15. The van der Waals surface area contributed by atoms with Crippen molar-refractivity contribution in [3.05, 3.63) is 65.5 Å². The molecule has 1 N–H and O–H groups in total. The van der Waals surface area contributed by atoms with E-state index in [4.69, 9.17) is 4.52 Å². The molecule has 8 heteroatoms. The molecule has 0 atom stereocenters. The Bertz CT molecular complexity index is 1140. The van der Waals surface area contributed by atoms with Gasteiger partial charge in [-0.05, 0) is 38.0 Å². The fraction of sp³-hybridized carbons (Fsp3) is 0.360.